The first kappa shape index (κ1) is 19.5. The number of halogens is 3. The molecule has 3 rings (SSSR count). The van der Waals surface area contributed by atoms with Gasteiger partial charge in [0.25, 0.3) is 11.6 Å². The number of nitrogen functional groups attached to an aromatic ring is 1. The fourth-order valence-electron chi connectivity index (χ4n) is 3.06. The lowest BCUT2D eigenvalue weighted by molar-refractivity contribution is -0.383. The van der Waals surface area contributed by atoms with Gasteiger partial charge in [-0.05, 0) is 30.3 Å². The SMILES string of the molecule is Nc1ccc(C(=O)N2CCN(c3cccc(C(F)(F)F)c3)CC2)cc1[N+](=O)[O-]. The van der Waals surface area contributed by atoms with Gasteiger partial charge in [-0.25, -0.2) is 0 Å². The van der Waals surface area contributed by atoms with E-state index >= 15 is 0 Å². The molecule has 10 heteroatoms. The van der Waals surface area contributed by atoms with E-state index in [4.69, 9.17) is 5.73 Å². The molecule has 1 fully saturated rings. The summed E-state index contributed by atoms with van der Waals surface area (Å²) in [5, 5.41) is 11.0. The van der Waals surface area contributed by atoms with Crippen LogP contribution in [-0.2, 0) is 6.18 Å². The molecule has 2 aromatic rings. The van der Waals surface area contributed by atoms with Gasteiger partial charge in [-0.2, -0.15) is 13.2 Å². The van der Waals surface area contributed by atoms with E-state index in [9.17, 15) is 28.1 Å². The first-order valence-corrected chi connectivity index (χ1v) is 8.42. The number of anilines is 2. The molecule has 1 saturated heterocycles. The van der Waals surface area contributed by atoms with Gasteiger partial charge in [-0.3, -0.25) is 14.9 Å². The van der Waals surface area contributed by atoms with E-state index in [0.29, 0.717) is 18.8 Å². The van der Waals surface area contributed by atoms with Crippen LogP contribution in [0.15, 0.2) is 42.5 Å². The number of nitro benzene ring substituents is 1. The first-order valence-electron chi connectivity index (χ1n) is 8.42. The monoisotopic (exact) mass is 394 g/mol. The second kappa shape index (κ2) is 7.37. The number of carbonyl (C=O) groups is 1. The van der Waals surface area contributed by atoms with Gasteiger partial charge in [0, 0.05) is 43.5 Å². The molecule has 0 aromatic heterocycles. The van der Waals surface area contributed by atoms with Gasteiger partial charge in [0.15, 0.2) is 0 Å². The smallest absolute Gasteiger partial charge is 0.393 e. The quantitative estimate of drug-likeness (QED) is 0.490. The van der Waals surface area contributed by atoms with Crippen molar-refractivity contribution in [2.75, 3.05) is 36.8 Å². The summed E-state index contributed by atoms with van der Waals surface area (Å²) in [5.74, 6) is -0.383. The third-order valence-corrected chi connectivity index (χ3v) is 4.58. The lowest BCUT2D eigenvalue weighted by atomic mass is 10.1. The highest BCUT2D eigenvalue weighted by molar-refractivity contribution is 5.95. The van der Waals surface area contributed by atoms with Crippen molar-refractivity contribution in [3.63, 3.8) is 0 Å². The van der Waals surface area contributed by atoms with E-state index in [0.717, 1.165) is 18.2 Å². The molecule has 1 aliphatic heterocycles. The Morgan fingerprint density at radius 3 is 2.36 bits per heavy atom. The van der Waals surface area contributed by atoms with Crippen LogP contribution in [0.2, 0.25) is 0 Å². The van der Waals surface area contributed by atoms with Crippen LogP contribution in [0.3, 0.4) is 0 Å². The molecule has 148 valence electrons. The zero-order chi connectivity index (χ0) is 20.5. The van der Waals surface area contributed by atoms with Crippen LogP contribution in [0, 0.1) is 10.1 Å². The summed E-state index contributed by atoms with van der Waals surface area (Å²) in [4.78, 5) is 26.2. The number of benzene rings is 2. The number of alkyl halides is 3. The lowest BCUT2D eigenvalue weighted by Crippen LogP contribution is -2.48. The Kier molecular flexibility index (Phi) is 5.12. The minimum atomic E-state index is -4.42. The Morgan fingerprint density at radius 1 is 1.07 bits per heavy atom. The molecule has 0 atom stereocenters. The summed E-state index contributed by atoms with van der Waals surface area (Å²) < 4.78 is 38.6. The minimum absolute atomic E-state index is 0.0316. The van der Waals surface area contributed by atoms with E-state index < -0.39 is 16.7 Å². The number of hydrogen-bond donors (Lipinski definition) is 1. The van der Waals surface area contributed by atoms with Crippen LogP contribution in [-0.4, -0.2) is 41.9 Å². The highest BCUT2D eigenvalue weighted by Gasteiger charge is 2.31. The Bertz CT molecular complexity index is 909. The number of hydrogen-bond acceptors (Lipinski definition) is 5. The van der Waals surface area contributed by atoms with Crippen molar-refractivity contribution in [3.8, 4) is 0 Å². The Labute approximate surface area is 158 Å². The second-order valence-electron chi connectivity index (χ2n) is 6.36. The van der Waals surface area contributed by atoms with Crippen molar-refractivity contribution < 1.29 is 22.9 Å². The fourth-order valence-corrected chi connectivity index (χ4v) is 3.06. The summed E-state index contributed by atoms with van der Waals surface area (Å²) in [5.41, 5.74) is 5.03. The standard InChI is InChI=1S/C18H17F3N4O3/c19-18(20,21)13-2-1-3-14(11-13)23-6-8-24(9-7-23)17(26)12-4-5-15(22)16(10-12)25(27)28/h1-5,10-11H,6-9,22H2. The largest absolute Gasteiger partial charge is 0.416 e. The van der Waals surface area contributed by atoms with Crippen LogP contribution in [0.4, 0.5) is 30.2 Å². The van der Waals surface area contributed by atoms with E-state index in [-0.39, 0.29) is 35.9 Å². The van der Waals surface area contributed by atoms with Crippen LogP contribution < -0.4 is 10.6 Å². The number of piperazine rings is 1. The number of nitro groups is 1. The summed E-state index contributed by atoms with van der Waals surface area (Å²) in [7, 11) is 0. The number of rotatable bonds is 3. The van der Waals surface area contributed by atoms with Gasteiger partial charge >= 0.3 is 6.18 Å². The Morgan fingerprint density at radius 2 is 1.75 bits per heavy atom. The van der Waals surface area contributed by atoms with E-state index in [1.807, 2.05) is 0 Å². The van der Waals surface area contributed by atoms with Crippen molar-refractivity contribution in [2.24, 2.45) is 0 Å². The third-order valence-electron chi connectivity index (χ3n) is 4.58. The molecule has 0 radical (unpaired) electrons. The van der Waals surface area contributed by atoms with Gasteiger partial charge in [0.2, 0.25) is 0 Å². The average Bonchev–Trinajstić information content (AvgIpc) is 2.67. The Hall–Kier alpha value is -3.30. The molecule has 1 aliphatic rings. The van der Waals surface area contributed by atoms with Gasteiger partial charge in [0.1, 0.15) is 5.69 Å². The van der Waals surface area contributed by atoms with Crippen molar-refractivity contribution in [1.82, 2.24) is 4.90 Å². The van der Waals surface area contributed by atoms with Gasteiger partial charge in [-0.15, -0.1) is 0 Å². The van der Waals surface area contributed by atoms with Gasteiger partial charge < -0.3 is 15.5 Å². The van der Waals surface area contributed by atoms with E-state index in [1.54, 1.807) is 11.0 Å². The fraction of sp³-hybridized carbons (Fsp3) is 0.278. The van der Waals surface area contributed by atoms with E-state index in [1.165, 1.54) is 23.1 Å². The van der Waals surface area contributed by atoms with Gasteiger partial charge in [-0.1, -0.05) is 6.07 Å². The highest BCUT2D eigenvalue weighted by Crippen LogP contribution is 2.32. The first-order chi connectivity index (χ1) is 13.2. The maximum absolute atomic E-state index is 12.9. The van der Waals surface area contributed by atoms with Crippen molar-refractivity contribution in [3.05, 3.63) is 63.7 Å². The zero-order valence-corrected chi connectivity index (χ0v) is 14.6. The molecule has 0 unspecified atom stereocenters. The maximum atomic E-state index is 12.9. The third kappa shape index (κ3) is 4.00. The molecule has 28 heavy (non-hydrogen) atoms. The summed E-state index contributed by atoms with van der Waals surface area (Å²) in [6.45, 7) is 1.27. The summed E-state index contributed by atoms with van der Waals surface area (Å²) in [6, 6.07) is 8.91. The molecular formula is C18H17F3N4O3. The molecule has 0 spiro atoms. The average molecular weight is 394 g/mol. The minimum Gasteiger partial charge on any atom is -0.393 e. The Balaban J connectivity index is 1.70. The number of amides is 1. The topological polar surface area (TPSA) is 92.7 Å². The molecule has 2 N–H and O–H groups in total. The van der Waals surface area contributed by atoms with Crippen molar-refractivity contribution in [2.45, 2.75) is 6.18 Å². The number of nitrogens with two attached hydrogens (primary N) is 1. The predicted octanol–water partition coefficient (Wildman–Crippen LogP) is 3.16. The van der Waals surface area contributed by atoms with E-state index in [2.05, 4.69) is 0 Å². The second-order valence-corrected chi connectivity index (χ2v) is 6.36. The van der Waals surface area contributed by atoms with Crippen LogP contribution in [0.25, 0.3) is 0 Å². The molecule has 2 aromatic carbocycles. The van der Waals surface area contributed by atoms with Crippen LogP contribution in [0.1, 0.15) is 15.9 Å². The highest BCUT2D eigenvalue weighted by atomic mass is 19.4. The molecular weight excluding hydrogens is 377 g/mol. The van der Waals surface area contributed by atoms with Crippen molar-refractivity contribution in [1.29, 1.82) is 0 Å². The normalized spacial score (nSPS) is 14.8. The summed E-state index contributed by atoms with van der Waals surface area (Å²) >= 11 is 0. The molecule has 0 aliphatic carbocycles. The molecule has 0 saturated carbocycles. The maximum Gasteiger partial charge on any atom is 0.416 e. The number of nitrogens with zero attached hydrogens (tertiary/aromatic N) is 3. The van der Waals surface area contributed by atoms with Gasteiger partial charge in [0.05, 0.1) is 10.5 Å². The molecule has 1 amide bonds. The molecule has 7 nitrogen and oxygen atoms in total. The zero-order valence-electron chi connectivity index (χ0n) is 14.6. The predicted molar refractivity (Wildman–Crippen MR) is 97.1 cm³/mol. The van der Waals surface area contributed by atoms with Crippen LogP contribution in [0.5, 0.6) is 0 Å². The van der Waals surface area contributed by atoms with Crippen molar-refractivity contribution >= 4 is 23.0 Å². The molecule has 1 heterocycles. The summed E-state index contributed by atoms with van der Waals surface area (Å²) in [6.07, 6.45) is -4.42. The number of carbonyl (C=O) groups excluding carboxylic acids is 1. The van der Waals surface area contributed by atoms with Crippen LogP contribution >= 0.6 is 0 Å². The lowest BCUT2D eigenvalue weighted by Gasteiger charge is -2.36. The molecule has 0 bridgehead atoms.